The van der Waals surface area contributed by atoms with Crippen LogP contribution in [0.2, 0.25) is 0 Å². The molecule has 6 heteroatoms. The second-order valence-corrected chi connectivity index (χ2v) is 5.49. The third-order valence-corrected chi connectivity index (χ3v) is 4.21. The first-order valence-corrected chi connectivity index (χ1v) is 6.94. The monoisotopic (exact) mass is 266 g/mol. The Bertz CT molecular complexity index is 514. The van der Waals surface area contributed by atoms with Crippen LogP contribution >= 0.6 is 23.1 Å². The maximum atomic E-state index is 11.7. The smallest absolute Gasteiger partial charge is 0.169 e. The van der Waals surface area contributed by atoms with E-state index in [9.17, 15) is 9.90 Å². The summed E-state index contributed by atoms with van der Waals surface area (Å²) in [7, 11) is 0. The van der Waals surface area contributed by atoms with Gasteiger partial charge in [-0.25, -0.2) is 4.98 Å². The third-order valence-electron chi connectivity index (χ3n) is 2.43. The molecule has 0 amide bonds. The van der Waals surface area contributed by atoms with Gasteiger partial charge in [0.25, 0.3) is 0 Å². The molecule has 2 rings (SSSR count). The number of ketones is 1. The molecule has 0 aliphatic heterocycles. The van der Waals surface area contributed by atoms with Crippen molar-refractivity contribution >= 4 is 34.5 Å². The maximum absolute atomic E-state index is 11.7. The van der Waals surface area contributed by atoms with Gasteiger partial charge in [0, 0.05) is 29.7 Å². The summed E-state index contributed by atoms with van der Waals surface area (Å²) >= 11 is 2.50. The number of carbonyl (C=O) groups is 1. The quantitative estimate of drug-likeness (QED) is 0.851. The lowest BCUT2D eigenvalue weighted by atomic mass is 9.97. The van der Waals surface area contributed by atoms with Crippen molar-refractivity contribution in [2.24, 2.45) is 0 Å². The van der Waals surface area contributed by atoms with E-state index in [1.807, 2.05) is 5.40 Å². The van der Waals surface area contributed by atoms with Crippen LogP contribution in [-0.2, 0) is 10.5 Å². The molecule has 0 spiro atoms. The van der Waals surface area contributed by atoms with Crippen LogP contribution in [0, 0.1) is 10.7 Å². The van der Waals surface area contributed by atoms with Crippen molar-refractivity contribution in [2.75, 3.05) is 0 Å². The molecule has 0 saturated carbocycles. The Morgan fingerprint density at radius 3 is 3.12 bits per heavy atom. The number of thiocyanates is 1. The molecule has 0 bridgehead atoms. The van der Waals surface area contributed by atoms with Crippen molar-refractivity contribution < 1.29 is 9.90 Å². The summed E-state index contributed by atoms with van der Waals surface area (Å²) in [5.41, 5.74) is 0.370. The first-order chi connectivity index (χ1) is 8.22. The molecule has 1 aromatic heterocycles. The van der Waals surface area contributed by atoms with E-state index < -0.39 is 0 Å². The molecule has 88 valence electrons. The topological polar surface area (TPSA) is 74.0 Å². The predicted molar refractivity (Wildman–Crippen MR) is 67.4 cm³/mol. The Morgan fingerprint density at radius 1 is 1.59 bits per heavy atom. The number of nitrogens with zero attached hydrogens (tertiary/aromatic N) is 2. The van der Waals surface area contributed by atoms with Crippen molar-refractivity contribution in [2.45, 2.75) is 25.0 Å². The molecule has 1 N–H and O–H groups in total. The van der Waals surface area contributed by atoms with E-state index in [1.165, 1.54) is 11.3 Å². The Balaban J connectivity index is 2.25. The maximum Gasteiger partial charge on any atom is 0.169 e. The molecule has 0 radical (unpaired) electrons. The van der Waals surface area contributed by atoms with Crippen LogP contribution in [0.25, 0.3) is 5.57 Å². The van der Waals surface area contributed by atoms with E-state index in [-0.39, 0.29) is 11.5 Å². The highest BCUT2D eigenvalue weighted by Gasteiger charge is 2.24. The van der Waals surface area contributed by atoms with Gasteiger partial charge in [0.05, 0.1) is 5.57 Å². The van der Waals surface area contributed by atoms with E-state index in [4.69, 9.17) is 5.26 Å². The first-order valence-electron chi connectivity index (χ1n) is 5.13. The minimum atomic E-state index is -0.0393. The Hall–Kier alpha value is -1.32. The van der Waals surface area contributed by atoms with Crippen LogP contribution in [0.5, 0.6) is 0 Å². The third kappa shape index (κ3) is 2.68. The summed E-state index contributed by atoms with van der Waals surface area (Å²) in [5, 5.41) is 20.8. The number of hydrogen-bond donors (Lipinski definition) is 1. The number of rotatable bonds is 3. The molecule has 1 aliphatic carbocycles. The molecule has 0 unspecified atom stereocenters. The molecule has 17 heavy (non-hydrogen) atoms. The van der Waals surface area contributed by atoms with E-state index in [2.05, 4.69) is 4.98 Å². The van der Waals surface area contributed by atoms with Crippen molar-refractivity contribution in [3.63, 3.8) is 0 Å². The van der Waals surface area contributed by atoms with Gasteiger partial charge in [0.2, 0.25) is 0 Å². The largest absolute Gasteiger partial charge is 0.511 e. The van der Waals surface area contributed by atoms with Crippen LogP contribution in [0.4, 0.5) is 0 Å². The van der Waals surface area contributed by atoms with Crippen LogP contribution < -0.4 is 0 Å². The predicted octanol–water partition coefficient (Wildman–Crippen LogP) is 2.88. The molecule has 1 aliphatic rings. The summed E-state index contributed by atoms with van der Waals surface area (Å²) in [6.07, 6.45) is 3.38. The van der Waals surface area contributed by atoms with Gasteiger partial charge in [-0.1, -0.05) is 0 Å². The highest BCUT2D eigenvalue weighted by molar-refractivity contribution is 8.03. The van der Waals surface area contributed by atoms with Gasteiger partial charge in [-0.2, -0.15) is 5.26 Å². The number of hydrogen-bond acceptors (Lipinski definition) is 6. The number of allylic oxidation sites excluding steroid dienone is 2. The number of thioether (sulfide) groups is 1. The lowest BCUT2D eigenvalue weighted by molar-refractivity contribution is -0.114. The van der Waals surface area contributed by atoms with Crippen molar-refractivity contribution in [1.82, 2.24) is 4.98 Å². The van der Waals surface area contributed by atoms with E-state index in [0.717, 1.165) is 16.6 Å². The highest BCUT2D eigenvalue weighted by Crippen LogP contribution is 2.31. The summed E-state index contributed by atoms with van der Waals surface area (Å²) in [4.78, 5) is 16.8. The summed E-state index contributed by atoms with van der Waals surface area (Å²) in [6.45, 7) is 0. The molecule has 0 atom stereocenters. The fraction of sp³-hybridized carbons (Fsp3) is 0.364. The molecule has 4 nitrogen and oxygen atoms in total. The van der Waals surface area contributed by atoms with Crippen molar-refractivity contribution in [3.05, 3.63) is 21.8 Å². The standard InChI is InChI=1S/C11H10N2O2S2/c12-6-16-5-7-4-13-11(17-7)10-8(14)2-1-3-9(10)15/h4,14H,1-3,5H2. The number of carbonyl (C=O) groups excluding carboxylic acids is 1. The van der Waals surface area contributed by atoms with E-state index in [1.54, 1.807) is 6.20 Å². The molecule has 0 fully saturated rings. The Morgan fingerprint density at radius 2 is 2.41 bits per heavy atom. The Labute approximate surface area is 107 Å². The minimum Gasteiger partial charge on any atom is -0.511 e. The van der Waals surface area contributed by atoms with Crippen LogP contribution in [0.1, 0.15) is 29.1 Å². The normalized spacial score (nSPS) is 16.1. The minimum absolute atomic E-state index is 0.0393. The van der Waals surface area contributed by atoms with Crippen LogP contribution in [0.3, 0.4) is 0 Å². The average Bonchev–Trinajstić information content (AvgIpc) is 2.75. The number of aliphatic hydroxyl groups is 1. The number of aliphatic hydroxyl groups excluding tert-OH is 1. The number of Topliss-reactive ketones (excluding diaryl/α,β-unsaturated/α-hetero) is 1. The van der Waals surface area contributed by atoms with Gasteiger partial charge in [0.1, 0.15) is 16.2 Å². The van der Waals surface area contributed by atoms with Crippen LogP contribution in [0.15, 0.2) is 12.0 Å². The first kappa shape index (κ1) is 12.1. The van der Waals surface area contributed by atoms with Crippen molar-refractivity contribution in [1.29, 1.82) is 5.26 Å². The second-order valence-electron chi connectivity index (χ2n) is 3.61. The van der Waals surface area contributed by atoms with Gasteiger partial charge < -0.3 is 5.11 Å². The SMILES string of the molecule is N#CSCc1cnc(C2=C(O)CCCC2=O)s1. The molecular weight excluding hydrogens is 256 g/mol. The Kier molecular flexibility index (Phi) is 3.82. The average molecular weight is 266 g/mol. The van der Waals surface area contributed by atoms with Crippen molar-refractivity contribution in [3.8, 4) is 5.40 Å². The van der Waals surface area contributed by atoms with E-state index >= 15 is 0 Å². The van der Waals surface area contributed by atoms with Gasteiger partial charge >= 0.3 is 0 Å². The molecular formula is C11H10N2O2S2. The van der Waals surface area contributed by atoms with Gasteiger partial charge in [0.15, 0.2) is 5.78 Å². The number of aromatic nitrogens is 1. The fourth-order valence-corrected chi connectivity index (χ4v) is 3.15. The lowest BCUT2D eigenvalue weighted by Crippen LogP contribution is -2.10. The molecule has 1 heterocycles. The fourth-order valence-electron chi connectivity index (χ4n) is 1.66. The molecule has 0 aromatic carbocycles. The second kappa shape index (κ2) is 5.34. The zero-order valence-corrected chi connectivity index (χ0v) is 10.6. The zero-order chi connectivity index (χ0) is 12.3. The lowest BCUT2D eigenvalue weighted by Gasteiger charge is -2.12. The molecule has 0 saturated heterocycles. The van der Waals surface area contributed by atoms with Gasteiger partial charge in [-0.15, -0.1) is 11.3 Å². The summed E-state index contributed by atoms with van der Waals surface area (Å²) in [5.74, 6) is 0.675. The van der Waals surface area contributed by atoms with Gasteiger partial charge in [-0.3, -0.25) is 4.79 Å². The zero-order valence-electron chi connectivity index (χ0n) is 8.97. The van der Waals surface area contributed by atoms with E-state index in [0.29, 0.717) is 35.6 Å². The highest BCUT2D eigenvalue weighted by atomic mass is 32.2. The summed E-state index contributed by atoms with van der Waals surface area (Å²) < 4.78 is 0. The number of thiazole rings is 1. The van der Waals surface area contributed by atoms with Crippen LogP contribution in [-0.4, -0.2) is 15.9 Å². The molecule has 1 aromatic rings. The summed E-state index contributed by atoms with van der Waals surface area (Å²) in [6, 6.07) is 0. The number of nitriles is 1. The van der Waals surface area contributed by atoms with Gasteiger partial charge in [-0.05, 0) is 18.2 Å².